The van der Waals surface area contributed by atoms with Crippen LogP contribution in [0.15, 0.2) is 97.2 Å². The van der Waals surface area contributed by atoms with Crippen molar-refractivity contribution in [2.24, 2.45) is 0 Å². The van der Waals surface area contributed by atoms with Gasteiger partial charge >= 0.3 is 19.8 Å². The average molecular weight is 775 g/mol. The number of aliphatic hydroxyl groups excluding tert-OH is 1. The van der Waals surface area contributed by atoms with Gasteiger partial charge in [0.15, 0.2) is 6.10 Å². The quantitative estimate of drug-likeness (QED) is 0.0189. The van der Waals surface area contributed by atoms with Crippen LogP contribution in [-0.4, -0.2) is 52.3 Å². The molecule has 10 heteroatoms. The molecule has 0 aromatic heterocycles. The molecule has 0 aliphatic carbocycles. The van der Waals surface area contributed by atoms with E-state index in [1.165, 1.54) is 25.7 Å². The second kappa shape index (κ2) is 38.2. The Morgan fingerprint density at radius 2 is 1.11 bits per heavy atom. The second-order valence-electron chi connectivity index (χ2n) is 13.1. The molecule has 0 aliphatic heterocycles. The zero-order chi connectivity index (χ0) is 39.8. The molecule has 0 amide bonds. The smallest absolute Gasteiger partial charge is 0.462 e. The lowest BCUT2D eigenvalue weighted by Crippen LogP contribution is -2.29. The molecule has 0 saturated heterocycles. The molecule has 2 atom stereocenters. The van der Waals surface area contributed by atoms with Gasteiger partial charge in [-0.3, -0.25) is 14.1 Å². The van der Waals surface area contributed by atoms with Crippen LogP contribution >= 0.6 is 7.82 Å². The van der Waals surface area contributed by atoms with E-state index in [-0.39, 0.29) is 25.9 Å². The summed E-state index contributed by atoms with van der Waals surface area (Å²) < 4.78 is 26.2. The zero-order valence-corrected chi connectivity index (χ0v) is 34.1. The van der Waals surface area contributed by atoms with Crippen LogP contribution in [0.2, 0.25) is 0 Å². The number of carbonyl (C=O) groups is 2. The van der Waals surface area contributed by atoms with Crippen molar-refractivity contribution in [1.29, 1.82) is 0 Å². The van der Waals surface area contributed by atoms with E-state index in [0.717, 1.165) is 77.0 Å². The number of rotatable bonds is 35. The Hall–Kier alpha value is -3.07. The van der Waals surface area contributed by atoms with Gasteiger partial charge in [-0.25, -0.2) is 4.57 Å². The van der Waals surface area contributed by atoms with E-state index in [9.17, 15) is 19.3 Å². The van der Waals surface area contributed by atoms with Crippen molar-refractivity contribution >= 4 is 19.8 Å². The van der Waals surface area contributed by atoms with Crippen LogP contribution in [-0.2, 0) is 28.2 Å². The Morgan fingerprint density at radius 1 is 0.593 bits per heavy atom. The van der Waals surface area contributed by atoms with Crippen LogP contribution in [0.4, 0.5) is 0 Å². The van der Waals surface area contributed by atoms with E-state index in [0.29, 0.717) is 6.42 Å². The largest absolute Gasteiger partial charge is 0.469 e. The summed E-state index contributed by atoms with van der Waals surface area (Å²) in [5.74, 6) is -1.19. The molecule has 3 N–H and O–H groups in total. The topological polar surface area (TPSA) is 140 Å². The molecule has 0 saturated carbocycles. The highest BCUT2D eigenvalue weighted by molar-refractivity contribution is 7.46. The Morgan fingerprint density at radius 3 is 1.69 bits per heavy atom. The summed E-state index contributed by atoms with van der Waals surface area (Å²) in [5.41, 5.74) is 0. The minimum absolute atomic E-state index is 0.0828. The predicted molar refractivity (Wildman–Crippen MR) is 222 cm³/mol. The number of hydrogen-bond donors (Lipinski definition) is 3. The molecule has 0 rings (SSSR count). The van der Waals surface area contributed by atoms with Gasteiger partial charge in [-0.2, -0.15) is 0 Å². The fourth-order valence-corrected chi connectivity index (χ4v) is 5.28. The summed E-state index contributed by atoms with van der Waals surface area (Å²) >= 11 is 0. The summed E-state index contributed by atoms with van der Waals surface area (Å²) in [6.07, 6.45) is 48.8. The van der Waals surface area contributed by atoms with Gasteiger partial charge in [-0.15, -0.1) is 0 Å². The van der Waals surface area contributed by atoms with Gasteiger partial charge in [-0.1, -0.05) is 150 Å². The monoisotopic (exact) mass is 774 g/mol. The molecule has 0 aromatic rings. The van der Waals surface area contributed by atoms with E-state index >= 15 is 0 Å². The van der Waals surface area contributed by atoms with Crippen LogP contribution in [0.3, 0.4) is 0 Å². The van der Waals surface area contributed by atoms with E-state index in [4.69, 9.17) is 19.3 Å². The molecule has 0 fully saturated rings. The van der Waals surface area contributed by atoms with Crippen LogP contribution < -0.4 is 0 Å². The maximum atomic E-state index is 12.4. The first-order valence-electron chi connectivity index (χ1n) is 20.1. The SMILES string of the molecule is CC/C=C\C/C=C\C/C=C\C/C=C\C/C=C\C=C/C(O)CCC(=O)O[C@H](COC(=O)CCCCCCCC/C=C\C/C=C\CCCCC)COP(=O)(O)O. The molecular formula is C44H71O9P. The van der Waals surface area contributed by atoms with Crippen molar-refractivity contribution in [3.63, 3.8) is 0 Å². The standard InChI is InChI=1S/C44H71O9P/c1-3-5-7-9-11-13-15-17-19-21-23-25-27-29-31-33-35-41(45)37-38-44(47)53-42(40-52-54(48,49)50)39-51-43(46)36-34-32-30-28-26-24-22-20-18-16-14-12-10-8-6-4-2/h5,7,11-14,17-20,23,25,29,31,33,35,41-42,45H,3-4,6,8-10,15-16,21-22,24,26-28,30,32,34,36-40H2,1-2H3,(H2,48,49,50)/b7-5-,13-11-,14-12-,19-17-,20-18-,25-23-,31-29-,35-33-/t41?,42-/m1/s1. The molecule has 0 heterocycles. The summed E-state index contributed by atoms with van der Waals surface area (Å²) in [6, 6.07) is 0. The average Bonchev–Trinajstić information content (AvgIpc) is 3.14. The fourth-order valence-electron chi connectivity index (χ4n) is 4.92. The number of carbonyl (C=O) groups excluding carboxylic acids is 2. The lowest BCUT2D eigenvalue weighted by molar-refractivity contribution is -0.161. The third kappa shape index (κ3) is 40.1. The Bertz CT molecular complexity index is 1210. The summed E-state index contributed by atoms with van der Waals surface area (Å²) in [6.45, 7) is 3.31. The van der Waals surface area contributed by atoms with Crippen molar-refractivity contribution in [2.75, 3.05) is 13.2 Å². The van der Waals surface area contributed by atoms with E-state index in [1.807, 2.05) is 12.2 Å². The van der Waals surface area contributed by atoms with Crippen LogP contribution in [0, 0.1) is 0 Å². The fraction of sp³-hybridized carbons (Fsp3) is 0.591. The van der Waals surface area contributed by atoms with Crippen molar-refractivity contribution < 1.29 is 43.0 Å². The van der Waals surface area contributed by atoms with Gasteiger partial charge in [0.25, 0.3) is 0 Å². The highest BCUT2D eigenvalue weighted by atomic mass is 31.2. The zero-order valence-electron chi connectivity index (χ0n) is 33.2. The molecule has 0 aromatic carbocycles. The highest BCUT2D eigenvalue weighted by Crippen LogP contribution is 2.36. The van der Waals surface area contributed by atoms with E-state index < -0.39 is 38.6 Å². The molecule has 9 nitrogen and oxygen atoms in total. The van der Waals surface area contributed by atoms with Gasteiger partial charge in [0.1, 0.15) is 6.61 Å². The number of phosphoric ester groups is 1. The number of esters is 2. The minimum Gasteiger partial charge on any atom is -0.462 e. The second-order valence-corrected chi connectivity index (χ2v) is 14.3. The summed E-state index contributed by atoms with van der Waals surface area (Å²) in [4.78, 5) is 42.8. The molecule has 0 aliphatic rings. The number of phosphoric acid groups is 1. The third-order valence-electron chi connectivity index (χ3n) is 7.95. The summed E-state index contributed by atoms with van der Waals surface area (Å²) in [7, 11) is -4.83. The van der Waals surface area contributed by atoms with Gasteiger partial charge in [0, 0.05) is 12.8 Å². The Labute approximate surface area is 327 Å². The molecule has 54 heavy (non-hydrogen) atoms. The van der Waals surface area contributed by atoms with Crippen molar-refractivity contribution in [3.8, 4) is 0 Å². The predicted octanol–water partition coefficient (Wildman–Crippen LogP) is 11.2. The van der Waals surface area contributed by atoms with Crippen LogP contribution in [0.25, 0.3) is 0 Å². The number of ether oxygens (including phenoxy) is 2. The van der Waals surface area contributed by atoms with Gasteiger partial charge in [-0.05, 0) is 77.0 Å². The van der Waals surface area contributed by atoms with Gasteiger partial charge in [0.2, 0.25) is 0 Å². The summed E-state index contributed by atoms with van der Waals surface area (Å²) in [5, 5.41) is 10.2. The van der Waals surface area contributed by atoms with Gasteiger partial charge < -0.3 is 24.4 Å². The van der Waals surface area contributed by atoms with Crippen molar-refractivity contribution in [1.82, 2.24) is 0 Å². The van der Waals surface area contributed by atoms with Crippen LogP contribution in [0.1, 0.15) is 142 Å². The minimum atomic E-state index is -4.83. The molecule has 0 radical (unpaired) electrons. The number of aliphatic hydroxyl groups is 1. The maximum absolute atomic E-state index is 12.4. The molecule has 306 valence electrons. The molecular weight excluding hydrogens is 703 g/mol. The van der Waals surface area contributed by atoms with E-state index in [1.54, 1.807) is 12.2 Å². The first kappa shape index (κ1) is 50.9. The highest BCUT2D eigenvalue weighted by Gasteiger charge is 2.23. The maximum Gasteiger partial charge on any atom is 0.469 e. The Balaban J connectivity index is 4.23. The number of allylic oxidation sites excluding steroid dienone is 15. The molecule has 0 spiro atoms. The van der Waals surface area contributed by atoms with E-state index in [2.05, 4.69) is 91.3 Å². The lowest BCUT2D eigenvalue weighted by Gasteiger charge is -2.18. The lowest BCUT2D eigenvalue weighted by atomic mass is 10.1. The first-order chi connectivity index (χ1) is 26.2. The van der Waals surface area contributed by atoms with Gasteiger partial charge in [0.05, 0.1) is 12.7 Å². The van der Waals surface area contributed by atoms with Crippen molar-refractivity contribution in [3.05, 3.63) is 97.2 Å². The Kier molecular flexibility index (Phi) is 36.0. The third-order valence-corrected chi connectivity index (χ3v) is 8.44. The normalized spacial score (nSPS) is 14.1. The molecule has 1 unspecified atom stereocenters. The number of unbranched alkanes of at least 4 members (excludes halogenated alkanes) is 9. The van der Waals surface area contributed by atoms with Crippen molar-refractivity contribution in [2.45, 2.75) is 154 Å². The first-order valence-corrected chi connectivity index (χ1v) is 21.7. The number of hydrogen-bond acceptors (Lipinski definition) is 7. The molecule has 0 bridgehead atoms. The van der Waals surface area contributed by atoms with Crippen LogP contribution in [0.5, 0.6) is 0 Å².